The topological polar surface area (TPSA) is 90.2 Å². The smallest absolute Gasteiger partial charge is 0.323 e. The zero-order valence-corrected chi connectivity index (χ0v) is 12.7. The molecule has 0 unspecified atom stereocenters. The Labute approximate surface area is 127 Å². The number of ether oxygens (including phenoxy) is 1. The number of amides is 1. The molecule has 1 saturated heterocycles. The van der Waals surface area contributed by atoms with Crippen molar-refractivity contribution in [3.63, 3.8) is 0 Å². The van der Waals surface area contributed by atoms with Crippen molar-refractivity contribution < 1.29 is 9.53 Å². The summed E-state index contributed by atoms with van der Waals surface area (Å²) in [6.45, 7) is 6.05. The van der Waals surface area contributed by atoms with E-state index in [-0.39, 0.29) is 23.7 Å². The molecule has 7 nitrogen and oxygen atoms in total. The molecule has 2 heterocycles. The molecule has 1 amide bonds. The van der Waals surface area contributed by atoms with E-state index in [0.29, 0.717) is 17.8 Å². The van der Waals surface area contributed by atoms with Crippen LogP contribution in [0.3, 0.4) is 0 Å². The number of H-pyrrole nitrogens is 2. The first kappa shape index (κ1) is 14.8. The number of hydrogen-bond donors (Lipinski definition) is 3. The van der Waals surface area contributed by atoms with E-state index in [2.05, 4.69) is 20.2 Å². The summed E-state index contributed by atoms with van der Waals surface area (Å²) in [5.74, 6) is -0.0636. The summed E-state index contributed by atoms with van der Waals surface area (Å²) < 4.78 is 5.50. The van der Waals surface area contributed by atoms with E-state index >= 15 is 0 Å². The van der Waals surface area contributed by atoms with Crippen LogP contribution in [0.4, 0.5) is 5.69 Å². The summed E-state index contributed by atoms with van der Waals surface area (Å²) in [5, 5.41) is 2.90. The number of imidazole rings is 1. The molecular formula is C15H20N4O3. The van der Waals surface area contributed by atoms with Gasteiger partial charge in [0.1, 0.15) is 0 Å². The van der Waals surface area contributed by atoms with Gasteiger partial charge in [0.25, 0.3) is 0 Å². The summed E-state index contributed by atoms with van der Waals surface area (Å²) >= 11 is 0. The molecule has 1 aliphatic heterocycles. The molecule has 1 aromatic heterocycles. The number of carbonyl (C=O) groups is 1. The Hall–Kier alpha value is -2.12. The lowest BCUT2D eigenvalue weighted by molar-refractivity contribution is -0.123. The van der Waals surface area contributed by atoms with Gasteiger partial charge in [-0.3, -0.25) is 9.69 Å². The van der Waals surface area contributed by atoms with Crippen LogP contribution >= 0.6 is 0 Å². The van der Waals surface area contributed by atoms with Gasteiger partial charge in [-0.25, -0.2) is 4.79 Å². The number of anilines is 1. The van der Waals surface area contributed by atoms with Crippen molar-refractivity contribution in [2.75, 3.05) is 25.0 Å². The van der Waals surface area contributed by atoms with Crippen molar-refractivity contribution in [2.24, 2.45) is 0 Å². The van der Waals surface area contributed by atoms with Gasteiger partial charge >= 0.3 is 5.69 Å². The second-order valence-corrected chi connectivity index (χ2v) is 5.68. The number of hydrogen-bond acceptors (Lipinski definition) is 4. The monoisotopic (exact) mass is 304 g/mol. The highest BCUT2D eigenvalue weighted by Gasteiger charge is 2.26. The lowest BCUT2D eigenvalue weighted by atomic mass is 10.2. The average Bonchev–Trinajstić information content (AvgIpc) is 2.85. The van der Waals surface area contributed by atoms with E-state index in [1.54, 1.807) is 18.2 Å². The van der Waals surface area contributed by atoms with Gasteiger partial charge < -0.3 is 20.0 Å². The summed E-state index contributed by atoms with van der Waals surface area (Å²) in [4.78, 5) is 31.1. The summed E-state index contributed by atoms with van der Waals surface area (Å²) in [6.07, 6.45) is 0.144. The third-order valence-corrected chi connectivity index (χ3v) is 3.98. The third-order valence-electron chi connectivity index (χ3n) is 3.98. The lowest BCUT2D eigenvalue weighted by Crippen LogP contribution is -2.50. The highest BCUT2D eigenvalue weighted by Crippen LogP contribution is 2.16. The fraction of sp³-hybridized carbons (Fsp3) is 0.467. The molecule has 0 radical (unpaired) electrons. The molecule has 2 atom stereocenters. The number of nitrogens with one attached hydrogen (secondary N) is 3. The molecule has 0 bridgehead atoms. The molecule has 1 aromatic carbocycles. The van der Waals surface area contributed by atoms with Crippen LogP contribution < -0.4 is 11.0 Å². The Kier molecular flexibility index (Phi) is 4.00. The maximum atomic E-state index is 12.4. The van der Waals surface area contributed by atoms with Gasteiger partial charge in [0.15, 0.2) is 0 Å². The van der Waals surface area contributed by atoms with Crippen LogP contribution in [0.1, 0.15) is 13.8 Å². The van der Waals surface area contributed by atoms with E-state index < -0.39 is 0 Å². The van der Waals surface area contributed by atoms with Crippen molar-refractivity contribution in [3.05, 3.63) is 28.7 Å². The van der Waals surface area contributed by atoms with Crippen LogP contribution in [0.15, 0.2) is 23.0 Å². The number of carbonyl (C=O) groups excluding carboxylic acids is 1. The van der Waals surface area contributed by atoms with Gasteiger partial charge in [-0.2, -0.15) is 0 Å². The quantitative estimate of drug-likeness (QED) is 0.786. The molecule has 2 aromatic rings. The minimum Gasteiger partial charge on any atom is -0.376 e. The fourth-order valence-corrected chi connectivity index (χ4v) is 2.72. The summed E-state index contributed by atoms with van der Waals surface area (Å²) in [6, 6.07) is 5.07. The Balaban J connectivity index is 1.70. The number of aromatic nitrogens is 2. The third kappa shape index (κ3) is 3.05. The number of nitrogens with zero attached hydrogens (tertiary/aromatic N) is 1. The summed E-state index contributed by atoms with van der Waals surface area (Å²) in [7, 11) is 0. The van der Waals surface area contributed by atoms with Crippen molar-refractivity contribution in [3.8, 4) is 0 Å². The van der Waals surface area contributed by atoms with E-state index in [1.165, 1.54) is 0 Å². The molecule has 1 aliphatic rings. The number of morpholine rings is 1. The number of rotatable bonds is 3. The first-order valence-corrected chi connectivity index (χ1v) is 7.41. The molecule has 3 rings (SSSR count). The second-order valence-electron chi connectivity index (χ2n) is 5.68. The van der Waals surface area contributed by atoms with Crippen molar-refractivity contribution in [2.45, 2.75) is 26.0 Å². The van der Waals surface area contributed by atoms with Crippen molar-refractivity contribution in [1.29, 1.82) is 0 Å². The predicted molar refractivity (Wildman–Crippen MR) is 84.0 cm³/mol. The minimum absolute atomic E-state index is 0.0636. The van der Waals surface area contributed by atoms with Crippen molar-refractivity contribution in [1.82, 2.24) is 14.9 Å². The number of benzene rings is 1. The molecule has 22 heavy (non-hydrogen) atoms. The van der Waals surface area contributed by atoms with E-state index in [1.807, 2.05) is 13.8 Å². The normalized spacial score (nSPS) is 20.9. The number of fused-ring (bicyclic) bond motifs is 1. The zero-order valence-electron chi connectivity index (χ0n) is 12.7. The van der Waals surface area contributed by atoms with Crippen LogP contribution in [-0.2, 0) is 9.53 Å². The van der Waals surface area contributed by atoms with Crippen LogP contribution in [0.25, 0.3) is 11.0 Å². The highest BCUT2D eigenvalue weighted by atomic mass is 16.5. The van der Waals surface area contributed by atoms with Gasteiger partial charge in [-0.15, -0.1) is 0 Å². The van der Waals surface area contributed by atoms with E-state index in [9.17, 15) is 9.59 Å². The van der Waals surface area contributed by atoms with E-state index in [4.69, 9.17) is 4.74 Å². The van der Waals surface area contributed by atoms with Gasteiger partial charge in [0.05, 0.1) is 29.8 Å². The first-order chi connectivity index (χ1) is 10.5. The Morgan fingerprint density at radius 3 is 2.95 bits per heavy atom. The minimum atomic E-state index is -0.255. The lowest BCUT2D eigenvalue weighted by Gasteiger charge is -2.34. The van der Waals surface area contributed by atoms with Gasteiger partial charge in [0.2, 0.25) is 5.91 Å². The Morgan fingerprint density at radius 2 is 2.18 bits per heavy atom. The molecule has 7 heteroatoms. The van der Waals surface area contributed by atoms with Crippen LogP contribution in [0, 0.1) is 0 Å². The van der Waals surface area contributed by atoms with Gasteiger partial charge in [-0.05, 0) is 32.0 Å². The maximum absolute atomic E-state index is 12.4. The Morgan fingerprint density at radius 1 is 1.41 bits per heavy atom. The molecule has 118 valence electrons. The molecule has 3 N–H and O–H groups in total. The van der Waals surface area contributed by atoms with Crippen LogP contribution in [0.2, 0.25) is 0 Å². The van der Waals surface area contributed by atoms with Crippen molar-refractivity contribution >= 4 is 22.6 Å². The van der Waals surface area contributed by atoms with Crippen LogP contribution in [-0.4, -0.2) is 52.6 Å². The zero-order chi connectivity index (χ0) is 15.7. The SMILES string of the molecule is C[C@@H]1CN([C@H](C)C(=O)Nc2ccc3[nH]c(=O)[nH]c3c2)CCO1. The highest BCUT2D eigenvalue weighted by molar-refractivity contribution is 5.96. The summed E-state index contributed by atoms with van der Waals surface area (Å²) in [5.41, 5.74) is 1.81. The first-order valence-electron chi connectivity index (χ1n) is 7.41. The number of aromatic amines is 2. The standard InChI is InChI=1S/C15H20N4O3/c1-9-8-19(5-6-22-9)10(2)14(20)16-11-3-4-12-13(7-11)18-15(21)17-12/h3-4,7,9-10H,5-6,8H2,1-2H3,(H,16,20)(H2,17,18,21)/t9-,10-/m1/s1. The van der Waals surface area contributed by atoms with Gasteiger partial charge in [0, 0.05) is 18.8 Å². The second kappa shape index (κ2) is 5.94. The average molecular weight is 304 g/mol. The van der Waals surface area contributed by atoms with Crippen LogP contribution in [0.5, 0.6) is 0 Å². The van der Waals surface area contributed by atoms with E-state index in [0.717, 1.165) is 18.6 Å². The maximum Gasteiger partial charge on any atom is 0.323 e. The molecule has 0 aliphatic carbocycles. The largest absolute Gasteiger partial charge is 0.376 e. The molecular weight excluding hydrogens is 284 g/mol. The predicted octanol–water partition coefficient (Wildman–Crippen LogP) is 0.904. The molecule has 0 saturated carbocycles. The molecule has 0 spiro atoms. The molecule has 1 fully saturated rings. The van der Waals surface area contributed by atoms with Gasteiger partial charge in [-0.1, -0.05) is 0 Å². The Bertz CT molecular complexity index is 736. The fourth-order valence-electron chi connectivity index (χ4n) is 2.72.